The predicted octanol–water partition coefficient (Wildman–Crippen LogP) is 6.11. The third kappa shape index (κ3) is 5.21. The molecule has 0 atom stereocenters. The molecule has 31 heavy (non-hydrogen) atoms. The molecule has 1 aromatic heterocycles. The third-order valence-electron chi connectivity index (χ3n) is 4.67. The van der Waals surface area contributed by atoms with Crippen LogP contribution in [-0.4, -0.2) is 21.9 Å². The van der Waals surface area contributed by atoms with E-state index in [2.05, 4.69) is 10.2 Å². The average Bonchev–Trinajstić information content (AvgIpc) is 3.21. The van der Waals surface area contributed by atoms with Crippen molar-refractivity contribution in [2.75, 3.05) is 7.11 Å². The maximum Gasteiger partial charge on any atom is 0.196 e. The fourth-order valence-electron chi connectivity index (χ4n) is 3.09. The molecule has 0 aliphatic rings. The van der Waals surface area contributed by atoms with Gasteiger partial charge in [0.1, 0.15) is 6.61 Å². The van der Waals surface area contributed by atoms with Crippen molar-refractivity contribution in [2.45, 2.75) is 24.4 Å². The fourth-order valence-corrected chi connectivity index (χ4v) is 4.14. The number of para-hydroxylation sites is 1. The average molecular weight is 452 g/mol. The molecule has 4 aromatic rings. The molecule has 0 saturated carbocycles. The first-order valence-electron chi connectivity index (χ1n) is 9.78. The molecule has 0 aliphatic heterocycles. The Labute approximate surface area is 191 Å². The minimum absolute atomic E-state index is 0.267. The second kappa shape index (κ2) is 9.90. The summed E-state index contributed by atoms with van der Waals surface area (Å²) in [6.45, 7) is 2.28. The standard InChI is InChI=1S/C24H22ClN3O2S/c1-17-8-13-21(22(14-17)29-2)30-15-23-26-27-24(28(23)20-6-4-3-5-7-20)31-16-18-9-11-19(25)12-10-18/h3-14H,15-16H2,1-2H3. The van der Waals surface area contributed by atoms with Crippen LogP contribution in [0.3, 0.4) is 0 Å². The lowest BCUT2D eigenvalue weighted by atomic mass is 10.2. The van der Waals surface area contributed by atoms with Crippen LogP contribution in [0.2, 0.25) is 5.02 Å². The molecular formula is C24H22ClN3O2S. The molecule has 5 nitrogen and oxygen atoms in total. The quantitative estimate of drug-likeness (QED) is 0.302. The van der Waals surface area contributed by atoms with Gasteiger partial charge in [0.05, 0.1) is 7.11 Å². The summed E-state index contributed by atoms with van der Waals surface area (Å²) in [5, 5.41) is 10.4. The smallest absolute Gasteiger partial charge is 0.196 e. The lowest BCUT2D eigenvalue weighted by Gasteiger charge is -2.13. The molecular weight excluding hydrogens is 430 g/mol. The van der Waals surface area contributed by atoms with E-state index in [4.69, 9.17) is 21.1 Å². The Balaban J connectivity index is 1.58. The Morgan fingerprint density at radius 1 is 0.935 bits per heavy atom. The third-order valence-corrected chi connectivity index (χ3v) is 5.92. The molecule has 0 bridgehead atoms. The van der Waals surface area contributed by atoms with Gasteiger partial charge in [0.2, 0.25) is 0 Å². The molecule has 0 saturated heterocycles. The number of hydrogen-bond acceptors (Lipinski definition) is 5. The molecule has 1 heterocycles. The fraction of sp³-hybridized carbons (Fsp3) is 0.167. The number of halogens is 1. The highest BCUT2D eigenvalue weighted by Gasteiger charge is 2.16. The van der Waals surface area contributed by atoms with Gasteiger partial charge in [-0.25, -0.2) is 0 Å². The number of ether oxygens (including phenoxy) is 2. The number of hydrogen-bond donors (Lipinski definition) is 0. The van der Waals surface area contributed by atoms with E-state index in [-0.39, 0.29) is 6.61 Å². The van der Waals surface area contributed by atoms with E-state index in [1.807, 2.05) is 84.3 Å². The highest BCUT2D eigenvalue weighted by molar-refractivity contribution is 7.98. The van der Waals surface area contributed by atoms with Crippen LogP contribution in [0.25, 0.3) is 5.69 Å². The number of nitrogens with zero attached hydrogens (tertiary/aromatic N) is 3. The van der Waals surface area contributed by atoms with E-state index in [0.29, 0.717) is 17.3 Å². The Morgan fingerprint density at radius 3 is 2.45 bits per heavy atom. The van der Waals surface area contributed by atoms with E-state index in [0.717, 1.165) is 27.2 Å². The van der Waals surface area contributed by atoms with Crippen LogP contribution >= 0.6 is 23.4 Å². The SMILES string of the molecule is COc1cc(C)ccc1OCc1nnc(SCc2ccc(Cl)cc2)n1-c1ccccc1. The summed E-state index contributed by atoms with van der Waals surface area (Å²) < 4.78 is 13.5. The minimum atomic E-state index is 0.267. The van der Waals surface area contributed by atoms with Gasteiger partial charge >= 0.3 is 0 Å². The molecule has 7 heteroatoms. The summed E-state index contributed by atoms with van der Waals surface area (Å²) in [6, 6.07) is 23.7. The number of aromatic nitrogens is 3. The van der Waals surface area contributed by atoms with Crippen molar-refractivity contribution in [3.8, 4) is 17.2 Å². The lowest BCUT2D eigenvalue weighted by Crippen LogP contribution is -2.07. The van der Waals surface area contributed by atoms with Gasteiger partial charge in [-0.1, -0.05) is 59.8 Å². The van der Waals surface area contributed by atoms with Gasteiger partial charge in [-0.15, -0.1) is 10.2 Å². The Bertz CT molecular complexity index is 1150. The van der Waals surface area contributed by atoms with Gasteiger partial charge in [-0.05, 0) is 54.4 Å². The molecule has 0 radical (unpaired) electrons. The first-order chi connectivity index (χ1) is 15.1. The van der Waals surface area contributed by atoms with Crippen LogP contribution < -0.4 is 9.47 Å². The summed E-state index contributed by atoms with van der Waals surface area (Å²) in [6.07, 6.45) is 0. The van der Waals surface area contributed by atoms with Crippen LogP contribution in [-0.2, 0) is 12.4 Å². The van der Waals surface area contributed by atoms with Crippen molar-refractivity contribution >= 4 is 23.4 Å². The van der Waals surface area contributed by atoms with E-state index in [1.165, 1.54) is 5.56 Å². The van der Waals surface area contributed by atoms with Gasteiger partial charge in [-0.2, -0.15) is 0 Å². The molecule has 0 spiro atoms. The molecule has 4 rings (SSSR count). The molecule has 0 aliphatic carbocycles. The van der Waals surface area contributed by atoms with Gasteiger partial charge in [0, 0.05) is 16.5 Å². The van der Waals surface area contributed by atoms with Gasteiger partial charge in [-0.3, -0.25) is 4.57 Å². The van der Waals surface area contributed by atoms with Gasteiger partial charge in [0.25, 0.3) is 0 Å². The van der Waals surface area contributed by atoms with E-state index < -0.39 is 0 Å². The van der Waals surface area contributed by atoms with Crippen LogP contribution in [0.4, 0.5) is 0 Å². The molecule has 0 amide bonds. The largest absolute Gasteiger partial charge is 0.493 e. The molecule has 0 unspecified atom stereocenters. The second-order valence-corrected chi connectivity index (χ2v) is 8.31. The molecule has 0 fully saturated rings. The molecule has 158 valence electrons. The zero-order valence-electron chi connectivity index (χ0n) is 17.3. The van der Waals surface area contributed by atoms with Crippen LogP contribution in [0, 0.1) is 6.92 Å². The number of aryl methyl sites for hydroxylation is 1. The van der Waals surface area contributed by atoms with Crippen molar-refractivity contribution < 1.29 is 9.47 Å². The zero-order valence-corrected chi connectivity index (χ0v) is 18.9. The molecule has 0 N–H and O–H groups in total. The Morgan fingerprint density at radius 2 is 1.71 bits per heavy atom. The Kier molecular flexibility index (Phi) is 6.79. The topological polar surface area (TPSA) is 49.2 Å². The van der Waals surface area contributed by atoms with Crippen molar-refractivity contribution in [3.63, 3.8) is 0 Å². The van der Waals surface area contributed by atoms with Gasteiger partial charge < -0.3 is 9.47 Å². The maximum absolute atomic E-state index is 6.05. The second-order valence-electron chi connectivity index (χ2n) is 6.93. The summed E-state index contributed by atoms with van der Waals surface area (Å²) in [5.41, 5.74) is 3.26. The van der Waals surface area contributed by atoms with Crippen LogP contribution in [0.15, 0.2) is 78.0 Å². The maximum atomic E-state index is 6.05. The van der Waals surface area contributed by atoms with Crippen molar-refractivity contribution in [1.82, 2.24) is 14.8 Å². The Hall–Kier alpha value is -2.96. The van der Waals surface area contributed by atoms with Crippen molar-refractivity contribution in [1.29, 1.82) is 0 Å². The normalized spacial score (nSPS) is 10.8. The summed E-state index contributed by atoms with van der Waals surface area (Å²) in [4.78, 5) is 0. The highest BCUT2D eigenvalue weighted by Crippen LogP contribution is 2.30. The van der Waals surface area contributed by atoms with E-state index in [1.54, 1.807) is 18.9 Å². The monoisotopic (exact) mass is 451 g/mol. The number of thioether (sulfide) groups is 1. The number of methoxy groups -OCH3 is 1. The minimum Gasteiger partial charge on any atom is -0.493 e. The first kappa shape index (κ1) is 21.3. The number of benzene rings is 3. The van der Waals surface area contributed by atoms with E-state index in [9.17, 15) is 0 Å². The van der Waals surface area contributed by atoms with Crippen LogP contribution in [0.5, 0.6) is 11.5 Å². The lowest BCUT2D eigenvalue weighted by molar-refractivity contribution is 0.274. The van der Waals surface area contributed by atoms with E-state index >= 15 is 0 Å². The zero-order chi connectivity index (χ0) is 21.6. The highest BCUT2D eigenvalue weighted by atomic mass is 35.5. The molecule has 3 aromatic carbocycles. The summed E-state index contributed by atoms with van der Waals surface area (Å²) in [5.74, 6) is 2.84. The summed E-state index contributed by atoms with van der Waals surface area (Å²) in [7, 11) is 1.64. The summed E-state index contributed by atoms with van der Waals surface area (Å²) >= 11 is 7.62. The van der Waals surface area contributed by atoms with Crippen molar-refractivity contribution in [2.24, 2.45) is 0 Å². The first-order valence-corrected chi connectivity index (χ1v) is 11.1. The van der Waals surface area contributed by atoms with Crippen LogP contribution in [0.1, 0.15) is 17.0 Å². The van der Waals surface area contributed by atoms with Gasteiger partial charge in [0.15, 0.2) is 22.5 Å². The van der Waals surface area contributed by atoms with Crippen molar-refractivity contribution in [3.05, 3.63) is 94.8 Å². The number of rotatable bonds is 8. The predicted molar refractivity (Wildman–Crippen MR) is 124 cm³/mol.